The van der Waals surface area contributed by atoms with Gasteiger partial charge in [-0.3, -0.25) is 4.98 Å². The van der Waals surface area contributed by atoms with E-state index in [1.54, 1.807) is 6.20 Å². The third-order valence-electron chi connectivity index (χ3n) is 2.15. The average molecular weight is 213 g/mol. The molecule has 1 aliphatic rings. The van der Waals surface area contributed by atoms with Gasteiger partial charge >= 0.3 is 5.97 Å². The molecule has 0 spiro atoms. The molecular weight excluding hydrogens is 203 g/mol. The van der Waals surface area contributed by atoms with Crippen LogP contribution in [0.25, 0.3) is 5.57 Å². The second kappa shape index (κ2) is 5.80. The van der Waals surface area contributed by atoms with Crippen LogP contribution in [0.5, 0.6) is 0 Å². The minimum atomic E-state index is -1.06. The monoisotopic (exact) mass is 213 g/mol. The van der Waals surface area contributed by atoms with Crippen LogP contribution in [0.15, 0.2) is 18.5 Å². The fraction of sp³-hybridized carbons (Fsp3) is 0.300. The second-order valence-electron chi connectivity index (χ2n) is 3.15. The molecule has 1 aromatic heterocycles. The molecule has 0 aromatic carbocycles. The molecule has 2 rings (SSSR count). The Morgan fingerprint density at radius 3 is 2.88 bits per heavy atom. The van der Waals surface area contributed by atoms with Crippen molar-refractivity contribution in [1.82, 2.24) is 9.97 Å². The predicted molar refractivity (Wildman–Crippen MR) is 58.2 cm³/mol. The Morgan fingerprint density at radius 1 is 1.44 bits per heavy atom. The van der Waals surface area contributed by atoms with Gasteiger partial charge in [0.25, 0.3) is 0 Å². The van der Waals surface area contributed by atoms with Crippen molar-refractivity contribution in [2.24, 2.45) is 0 Å². The number of hydrogen-bond acceptors (Lipinski definition) is 4. The zero-order valence-electron chi connectivity index (χ0n) is 9.01. The van der Waals surface area contributed by atoms with E-state index < -0.39 is 5.97 Å². The molecule has 2 radical (unpaired) electrons. The van der Waals surface area contributed by atoms with Crippen LogP contribution >= 0.6 is 0 Å². The predicted octanol–water partition coefficient (Wildman–Crippen LogP) is 0.598. The smallest absolute Gasteiger partial charge is 0.356 e. The third kappa shape index (κ3) is 2.92. The number of aromatic nitrogens is 2. The molecule has 0 atom stereocenters. The number of carboxylic acids is 1. The number of carboxylic acid groups (broad SMARTS) is 1. The summed E-state index contributed by atoms with van der Waals surface area (Å²) < 4.78 is 5.16. The van der Waals surface area contributed by atoms with Gasteiger partial charge in [-0.15, -0.1) is 0 Å². The molecule has 0 aliphatic carbocycles. The molecule has 0 bridgehead atoms. The van der Waals surface area contributed by atoms with Crippen molar-refractivity contribution < 1.29 is 14.6 Å². The van der Waals surface area contributed by atoms with Crippen LogP contribution in [0, 0.1) is 0 Å². The Labute approximate surface area is 105 Å². The first kappa shape index (κ1) is 12.9. The van der Waals surface area contributed by atoms with Crippen LogP contribution in [-0.2, 0) is 4.74 Å². The van der Waals surface area contributed by atoms with Crippen LogP contribution in [0.3, 0.4) is 0 Å². The number of nitrogens with zero attached hydrogens (tertiary/aromatic N) is 2. The number of carbonyl (C=O) groups is 1. The van der Waals surface area contributed by atoms with Crippen LogP contribution in [0.2, 0.25) is 0 Å². The van der Waals surface area contributed by atoms with Crippen LogP contribution < -0.4 is 0 Å². The van der Waals surface area contributed by atoms with E-state index in [0.717, 1.165) is 12.0 Å². The summed E-state index contributed by atoms with van der Waals surface area (Å²) in [5.41, 5.74) is 1.59. The molecule has 0 unspecified atom stereocenters. The summed E-state index contributed by atoms with van der Waals surface area (Å²) in [7, 11) is 0. The number of rotatable bonds is 2. The molecule has 0 saturated carbocycles. The first-order valence-corrected chi connectivity index (χ1v) is 4.60. The molecule has 80 valence electrons. The molecular formula is C10H10LiN2O3-. The van der Waals surface area contributed by atoms with Crippen molar-refractivity contribution in [2.75, 3.05) is 13.2 Å². The zero-order chi connectivity index (χ0) is 10.7. The Kier molecular flexibility index (Phi) is 4.68. The molecule has 2 heterocycles. The van der Waals surface area contributed by atoms with E-state index in [9.17, 15) is 4.79 Å². The van der Waals surface area contributed by atoms with Crippen molar-refractivity contribution in [3.8, 4) is 0 Å². The van der Waals surface area contributed by atoms with E-state index in [2.05, 4.69) is 9.97 Å². The van der Waals surface area contributed by atoms with Crippen LogP contribution in [-0.4, -0.2) is 53.1 Å². The first-order chi connectivity index (χ1) is 7.27. The van der Waals surface area contributed by atoms with E-state index >= 15 is 0 Å². The summed E-state index contributed by atoms with van der Waals surface area (Å²) >= 11 is 0. The summed E-state index contributed by atoms with van der Waals surface area (Å²) in [4.78, 5) is 18.6. The van der Waals surface area contributed by atoms with Gasteiger partial charge in [0.2, 0.25) is 0 Å². The third-order valence-corrected chi connectivity index (χ3v) is 2.15. The first-order valence-electron chi connectivity index (χ1n) is 4.60. The zero-order valence-corrected chi connectivity index (χ0v) is 9.01. The maximum Gasteiger partial charge on any atom is 0.356 e. The summed E-state index contributed by atoms with van der Waals surface area (Å²) in [6, 6.07) is 0. The molecule has 1 N–H and O–H groups in total. The van der Waals surface area contributed by atoms with Crippen molar-refractivity contribution in [3.05, 3.63) is 29.9 Å². The van der Waals surface area contributed by atoms with Crippen LogP contribution in [0.4, 0.5) is 0 Å². The van der Waals surface area contributed by atoms with Gasteiger partial charge in [0.05, 0.1) is 31.3 Å². The maximum atomic E-state index is 10.7. The number of aromatic carboxylic acids is 1. The summed E-state index contributed by atoms with van der Waals surface area (Å²) in [6.07, 6.45) is 5.46. The Hall–Kier alpha value is -1.15. The average Bonchev–Trinajstić information content (AvgIpc) is 2.30. The molecule has 6 heteroatoms. The van der Waals surface area contributed by atoms with Gasteiger partial charge in [0, 0.05) is 0 Å². The largest absolute Gasteiger partial charge is 1.00 e. The topological polar surface area (TPSA) is 72.3 Å². The van der Waals surface area contributed by atoms with E-state index in [1.807, 2.05) is 6.08 Å². The van der Waals surface area contributed by atoms with Crippen molar-refractivity contribution in [3.63, 3.8) is 0 Å². The molecule has 0 saturated heterocycles. The molecule has 5 nitrogen and oxygen atoms in total. The maximum absolute atomic E-state index is 10.7. The number of hydrogen-bond donors (Lipinski definition) is 1. The van der Waals surface area contributed by atoms with Gasteiger partial charge < -0.3 is 28.7 Å². The van der Waals surface area contributed by atoms with Crippen molar-refractivity contribution in [2.45, 2.75) is 6.42 Å². The molecule has 1 aromatic rings. The fourth-order valence-electron chi connectivity index (χ4n) is 1.38. The van der Waals surface area contributed by atoms with Gasteiger partial charge in [-0.25, -0.2) is 9.78 Å². The normalized spacial score (nSPS) is 14.9. The second-order valence-corrected chi connectivity index (χ2v) is 3.15. The fourth-order valence-corrected chi connectivity index (χ4v) is 1.38. The minimum Gasteiger partial charge on any atom is -1.00 e. The summed E-state index contributed by atoms with van der Waals surface area (Å²) in [6.45, 7) is 1.19. The standard InChI is InChI=1S/C10H10N2O3.Li/c13-10(14)9-6-11-5-8(12-9)7-1-3-15-4-2-7;/h1,5-6H,2-4H2,(H,13,14);/q;-1. The molecule has 0 fully saturated rings. The summed E-state index contributed by atoms with van der Waals surface area (Å²) in [5, 5.41) is 8.76. The summed E-state index contributed by atoms with van der Waals surface area (Å²) in [5.74, 6) is -1.06. The Balaban J connectivity index is 0.00000128. The quantitative estimate of drug-likeness (QED) is 0.728. The van der Waals surface area contributed by atoms with E-state index in [4.69, 9.17) is 9.84 Å². The minimum absolute atomic E-state index is 0. The number of ether oxygens (including phenoxy) is 1. The Bertz CT molecular complexity index is 420. The van der Waals surface area contributed by atoms with Gasteiger partial charge in [-0.1, -0.05) is 6.08 Å². The van der Waals surface area contributed by atoms with Gasteiger partial charge in [-0.05, 0) is 12.0 Å². The molecule has 0 amide bonds. The van der Waals surface area contributed by atoms with Crippen LogP contribution in [0.1, 0.15) is 22.6 Å². The Morgan fingerprint density at radius 2 is 2.25 bits per heavy atom. The van der Waals surface area contributed by atoms with E-state index in [-0.39, 0.29) is 24.6 Å². The van der Waals surface area contributed by atoms with Gasteiger partial charge in [0.1, 0.15) is 0 Å². The van der Waals surface area contributed by atoms with Gasteiger partial charge in [0.15, 0.2) is 5.69 Å². The van der Waals surface area contributed by atoms with Crippen molar-refractivity contribution >= 4 is 30.4 Å². The molecule has 1 aliphatic heterocycles. The van der Waals surface area contributed by atoms with Gasteiger partial charge in [-0.2, -0.15) is 0 Å². The SMILES string of the molecule is O=C(O)c1cncc(C2=CCOCC2)n1.[Li-]. The molecule has 16 heavy (non-hydrogen) atoms. The van der Waals surface area contributed by atoms with Crippen molar-refractivity contribution in [1.29, 1.82) is 0 Å². The van der Waals surface area contributed by atoms with E-state index in [1.165, 1.54) is 6.20 Å². The van der Waals surface area contributed by atoms with E-state index in [0.29, 0.717) is 18.9 Å².